The Morgan fingerprint density at radius 2 is 2.00 bits per heavy atom. The second-order valence-electron chi connectivity index (χ2n) is 4.29. The molecule has 4 heteroatoms. The minimum Gasteiger partial charge on any atom is -0.343 e. The van der Waals surface area contributed by atoms with Crippen molar-refractivity contribution in [2.45, 2.75) is 32.1 Å². The number of amides is 1. The zero-order valence-corrected chi connectivity index (χ0v) is 11.2. The highest BCUT2D eigenvalue weighted by Crippen LogP contribution is 2.08. The second-order valence-corrected chi connectivity index (χ2v) is 5.27. The number of rotatable bonds is 8. The van der Waals surface area contributed by atoms with Gasteiger partial charge in [-0.3, -0.25) is 4.79 Å². The van der Waals surface area contributed by atoms with Crippen LogP contribution >= 0.6 is 11.8 Å². The average Bonchev–Trinajstić information content (AvgIpc) is 2.81. The summed E-state index contributed by atoms with van der Waals surface area (Å²) < 4.78 is 0. The fraction of sp³-hybridized carbons (Fsp3) is 0.917. The summed E-state index contributed by atoms with van der Waals surface area (Å²) in [6.07, 6.45) is 7.68. The number of nitrogens with one attached hydrogen (secondary N) is 1. The number of hydrogen-bond donors (Lipinski definition) is 1. The normalized spacial score (nSPS) is 15.7. The molecule has 0 bridgehead atoms. The minimum absolute atomic E-state index is 0.328. The Morgan fingerprint density at radius 3 is 2.69 bits per heavy atom. The van der Waals surface area contributed by atoms with Gasteiger partial charge in [0.1, 0.15) is 0 Å². The molecule has 1 saturated heterocycles. The third-order valence-electron chi connectivity index (χ3n) is 2.93. The van der Waals surface area contributed by atoms with Crippen LogP contribution in [0.1, 0.15) is 32.1 Å². The van der Waals surface area contributed by atoms with Crippen molar-refractivity contribution in [3.63, 3.8) is 0 Å². The van der Waals surface area contributed by atoms with Crippen molar-refractivity contribution in [2.24, 2.45) is 0 Å². The van der Waals surface area contributed by atoms with Crippen LogP contribution in [0.4, 0.5) is 0 Å². The molecule has 3 nitrogen and oxygen atoms in total. The van der Waals surface area contributed by atoms with Gasteiger partial charge in [-0.15, -0.1) is 0 Å². The first-order chi connectivity index (χ1) is 7.84. The Bertz CT molecular complexity index is 193. The predicted molar refractivity (Wildman–Crippen MR) is 70.9 cm³/mol. The van der Waals surface area contributed by atoms with Gasteiger partial charge in [0.2, 0.25) is 5.91 Å². The van der Waals surface area contributed by atoms with Crippen molar-refractivity contribution in [2.75, 3.05) is 38.2 Å². The average molecular weight is 244 g/mol. The van der Waals surface area contributed by atoms with Gasteiger partial charge in [0.05, 0.1) is 0 Å². The molecule has 1 fully saturated rings. The summed E-state index contributed by atoms with van der Waals surface area (Å²) in [6, 6.07) is 0. The molecule has 94 valence electrons. The molecule has 0 aromatic rings. The Balaban J connectivity index is 1.88. The molecule has 1 N–H and O–H groups in total. The van der Waals surface area contributed by atoms with Crippen LogP contribution in [-0.2, 0) is 4.79 Å². The molecule has 0 atom stereocenters. The van der Waals surface area contributed by atoms with Crippen molar-refractivity contribution in [1.29, 1.82) is 0 Å². The monoisotopic (exact) mass is 244 g/mol. The van der Waals surface area contributed by atoms with E-state index in [9.17, 15) is 4.79 Å². The number of carbonyl (C=O) groups excluding carboxylic acids is 1. The molecular weight excluding hydrogens is 220 g/mol. The number of unbranched alkanes of at least 4 members (excludes halogenated alkanes) is 1. The minimum atomic E-state index is 0.328. The second kappa shape index (κ2) is 8.88. The molecule has 0 radical (unpaired) electrons. The maximum Gasteiger partial charge on any atom is 0.223 e. The Hall–Kier alpha value is -0.220. The van der Waals surface area contributed by atoms with Crippen LogP contribution in [0.5, 0.6) is 0 Å². The molecule has 0 aliphatic carbocycles. The molecule has 1 aliphatic rings. The van der Waals surface area contributed by atoms with E-state index < -0.39 is 0 Å². The summed E-state index contributed by atoms with van der Waals surface area (Å²) in [5.41, 5.74) is 0. The highest BCUT2D eigenvalue weighted by atomic mass is 32.2. The van der Waals surface area contributed by atoms with Crippen LogP contribution in [0.3, 0.4) is 0 Å². The highest BCUT2D eigenvalue weighted by Gasteiger charge is 2.16. The van der Waals surface area contributed by atoms with E-state index in [1.165, 1.54) is 31.4 Å². The topological polar surface area (TPSA) is 32.3 Å². The summed E-state index contributed by atoms with van der Waals surface area (Å²) in [5.74, 6) is 1.57. The van der Waals surface area contributed by atoms with E-state index >= 15 is 0 Å². The quantitative estimate of drug-likeness (QED) is 0.660. The Morgan fingerprint density at radius 1 is 1.25 bits per heavy atom. The predicted octanol–water partition coefficient (Wildman–Crippen LogP) is 1.73. The fourth-order valence-corrected chi connectivity index (χ4v) is 2.43. The van der Waals surface area contributed by atoms with E-state index in [0.717, 1.165) is 26.2 Å². The lowest BCUT2D eigenvalue weighted by molar-refractivity contribution is -0.130. The van der Waals surface area contributed by atoms with Crippen molar-refractivity contribution >= 4 is 17.7 Å². The van der Waals surface area contributed by atoms with Gasteiger partial charge in [0.25, 0.3) is 0 Å². The smallest absolute Gasteiger partial charge is 0.223 e. The van der Waals surface area contributed by atoms with Gasteiger partial charge in [-0.05, 0) is 44.2 Å². The van der Waals surface area contributed by atoms with Gasteiger partial charge < -0.3 is 10.2 Å². The number of nitrogens with zero attached hydrogens (tertiary/aromatic N) is 1. The van der Waals surface area contributed by atoms with Gasteiger partial charge in [-0.2, -0.15) is 11.8 Å². The number of hydrogen-bond acceptors (Lipinski definition) is 3. The Kier molecular flexibility index (Phi) is 7.68. The van der Waals surface area contributed by atoms with Gasteiger partial charge >= 0.3 is 0 Å². The van der Waals surface area contributed by atoms with Crippen molar-refractivity contribution in [1.82, 2.24) is 10.2 Å². The molecule has 16 heavy (non-hydrogen) atoms. The highest BCUT2D eigenvalue weighted by molar-refractivity contribution is 7.98. The maximum atomic E-state index is 11.7. The summed E-state index contributed by atoms with van der Waals surface area (Å²) in [6.45, 7) is 3.85. The van der Waals surface area contributed by atoms with Crippen molar-refractivity contribution in [3.05, 3.63) is 0 Å². The SMILES string of the molecule is CSCCCCNCCC(=O)N1CCCC1. The molecule has 0 saturated carbocycles. The number of likely N-dealkylation sites (tertiary alicyclic amines) is 1. The van der Waals surface area contributed by atoms with Crippen LogP contribution in [0, 0.1) is 0 Å². The van der Waals surface area contributed by atoms with E-state index in [0.29, 0.717) is 12.3 Å². The van der Waals surface area contributed by atoms with Gasteiger partial charge in [-0.25, -0.2) is 0 Å². The maximum absolute atomic E-state index is 11.7. The van der Waals surface area contributed by atoms with Gasteiger partial charge in [0.15, 0.2) is 0 Å². The fourth-order valence-electron chi connectivity index (χ4n) is 1.94. The molecule has 1 rings (SSSR count). The van der Waals surface area contributed by atoms with Crippen LogP contribution < -0.4 is 5.32 Å². The first-order valence-corrected chi connectivity index (χ1v) is 7.71. The van der Waals surface area contributed by atoms with E-state index in [2.05, 4.69) is 11.6 Å². The lowest BCUT2D eigenvalue weighted by atomic mass is 10.3. The van der Waals surface area contributed by atoms with Crippen molar-refractivity contribution < 1.29 is 4.79 Å². The third-order valence-corrected chi connectivity index (χ3v) is 3.62. The van der Waals surface area contributed by atoms with Crippen molar-refractivity contribution in [3.8, 4) is 0 Å². The van der Waals surface area contributed by atoms with Crippen LogP contribution in [0.25, 0.3) is 0 Å². The molecule has 1 aliphatic heterocycles. The zero-order chi connectivity index (χ0) is 11.6. The number of carbonyl (C=O) groups is 1. The molecular formula is C12H24N2OS. The first-order valence-electron chi connectivity index (χ1n) is 6.32. The first kappa shape index (κ1) is 13.8. The van der Waals surface area contributed by atoms with E-state index in [1.54, 1.807) is 0 Å². The van der Waals surface area contributed by atoms with Crippen LogP contribution in [-0.4, -0.2) is 49.0 Å². The zero-order valence-electron chi connectivity index (χ0n) is 10.3. The van der Waals surface area contributed by atoms with Crippen LogP contribution in [0.2, 0.25) is 0 Å². The Labute approximate surface area is 103 Å². The third kappa shape index (κ3) is 5.75. The largest absolute Gasteiger partial charge is 0.343 e. The molecule has 0 spiro atoms. The van der Waals surface area contributed by atoms with Gasteiger partial charge in [0, 0.05) is 26.1 Å². The van der Waals surface area contributed by atoms with E-state index in [-0.39, 0.29) is 0 Å². The molecule has 0 aromatic heterocycles. The van der Waals surface area contributed by atoms with Crippen LogP contribution in [0.15, 0.2) is 0 Å². The molecule has 1 heterocycles. The lowest BCUT2D eigenvalue weighted by Gasteiger charge is -2.15. The van der Waals surface area contributed by atoms with E-state index in [1.807, 2.05) is 16.7 Å². The van der Waals surface area contributed by atoms with Gasteiger partial charge in [-0.1, -0.05) is 0 Å². The van der Waals surface area contributed by atoms with E-state index in [4.69, 9.17) is 0 Å². The molecule has 1 amide bonds. The molecule has 0 aromatic carbocycles. The lowest BCUT2D eigenvalue weighted by Crippen LogP contribution is -2.30. The summed E-state index contributed by atoms with van der Waals surface area (Å²) >= 11 is 1.90. The number of thioether (sulfide) groups is 1. The standard InChI is InChI=1S/C12H24N2OS/c1-16-11-5-2-7-13-8-6-12(15)14-9-3-4-10-14/h13H,2-11H2,1H3. The summed E-state index contributed by atoms with van der Waals surface area (Å²) in [4.78, 5) is 13.7. The summed E-state index contributed by atoms with van der Waals surface area (Å²) in [5, 5.41) is 3.34. The molecule has 0 unspecified atom stereocenters. The summed E-state index contributed by atoms with van der Waals surface area (Å²) in [7, 11) is 0.